The van der Waals surface area contributed by atoms with E-state index in [2.05, 4.69) is 16.7 Å². The third-order valence-electron chi connectivity index (χ3n) is 6.38. The van der Waals surface area contributed by atoms with Gasteiger partial charge in [0.25, 0.3) is 5.56 Å². The molecule has 0 fully saturated rings. The molecule has 0 amide bonds. The van der Waals surface area contributed by atoms with Crippen LogP contribution in [0.5, 0.6) is 11.5 Å². The van der Waals surface area contributed by atoms with Crippen LogP contribution in [0, 0.1) is 6.92 Å². The Labute approximate surface area is 234 Å². The number of hydrogen-bond acceptors (Lipinski definition) is 7. The van der Waals surface area contributed by atoms with Crippen molar-refractivity contribution in [2.24, 2.45) is 0 Å². The van der Waals surface area contributed by atoms with Gasteiger partial charge in [-0.05, 0) is 73.2 Å². The van der Waals surface area contributed by atoms with Gasteiger partial charge in [-0.15, -0.1) is 5.10 Å². The summed E-state index contributed by atoms with van der Waals surface area (Å²) in [5.74, 6) is 2.01. The zero-order chi connectivity index (χ0) is 27.6. The van der Waals surface area contributed by atoms with E-state index in [-0.39, 0.29) is 5.56 Å². The summed E-state index contributed by atoms with van der Waals surface area (Å²) in [6.45, 7) is 6.08. The molecule has 6 aromatic rings. The molecule has 8 nitrogen and oxygen atoms in total. The topological polar surface area (TPSA) is 83.5 Å². The number of fused-ring (bicyclic) bond motifs is 1. The molecule has 0 bridgehead atoms. The SMILES string of the molecule is C=CCOc1ccc(-c2nc3sc(=Cc4cn(-c5ccccc5)nc4-c4ccc(OC)c(C)c4)c(=O)n3n2)cc1. The quantitative estimate of drug-likeness (QED) is 0.247. The number of rotatable bonds is 8. The second-order valence-corrected chi connectivity index (χ2v) is 10.1. The standard InChI is InChI=1S/C31H25N5O3S/c1-4-16-39-25-13-10-21(11-14-25)29-32-31-36(34-29)30(37)27(40-31)18-23-19-35(24-8-6-5-7-9-24)33-28(23)22-12-15-26(38-3)20(2)17-22/h4-15,17-19H,1,16H2,2-3H3. The molecule has 3 aromatic carbocycles. The largest absolute Gasteiger partial charge is 0.496 e. The number of hydrogen-bond donors (Lipinski definition) is 0. The van der Waals surface area contributed by atoms with E-state index in [9.17, 15) is 4.79 Å². The van der Waals surface area contributed by atoms with Gasteiger partial charge in [-0.1, -0.05) is 42.2 Å². The predicted octanol–water partition coefficient (Wildman–Crippen LogP) is 5.10. The first kappa shape index (κ1) is 25.3. The maximum atomic E-state index is 13.4. The Balaban J connectivity index is 1.41. The van der Waals surface area contributed by atoms with Gasteiger partial charge in [0.15, 0.2) is 5.82 Å². The molecule has 0 saturated carbocycles. The monoisotopic (exact) mass is 547 g/mol. The normalized spacial score (nSPS) is 11.7. The Morgan fingerprint density at radius 2 is 1.77 bits per heavy atom. The number of nitrogens with zero attached hydrogens (tertiary/aromatic N) is 5. The summed E-state index contributed by atoms with van der Waals surface area (Å²) in [6, 6.07) is 23.2. The number of para-hydroxylation sites is 1. The molecular weight excluding hydrogens is 522 g/mol. The van der Waals surface area contributed by atoms with Crippen molar-refractivity contribution in [1.29, 1.82) is 0 Å². The van der Waals surface area contributed by atoms with Gasteiger partial charge in [0.2, 0.25) is 4.96 Å². The fourth-order valence-electron chi connectivity index (χ4n) is 4.41. The summed E-state index contributed by atoms with van der Waals surface area (Å²) in [5, 5.41) is 9.38. The van der Waals surface area contributed by atoms with Crippen LogP contribution in [0.3, 0.4) is 0 Å². The fraction of sp³-hybridized carbons (Fsp3) is 0.0968. The highest BCUT2D eigenvalue weighted by molar-refractivity contribution is 7.15. The van der Waals surface area contributed by atoms with E-state index in [0.717, 1.165) is 45.1 Å². The van der Waals surface area contributed by atoms with Crippen molar-refractivity contribution in [3.63, 3.8) is 0 Å². The van der Waals surface area contributed by atoms with Crippen molar-refractivity contribution >= 4 is 22.4 Å². The van der Waals surface area contributed by atoms with Crippen molar-refractivity contribution in [2.45, 2.75) is 6.92 Å². The lowest BCUT2D eigenvalue weighted by molar-refractivity contribution is 0.363. The van der Waals surface area contributed by atoms with Crippen molar-refractivity contribution in [1.82, 2.24) is 24.4 Å². The molecule has 0 aliphatic rings. The zero-order valence-electron chi connectivity index (χ0n) is 21.9. The van der Waals surface area contributed by atoms with E-state index in [1.807, 2.05) is 96.7 Å². The second kappa shape index (κ2) is 10.6. The minimum Gasteiger partial charge on any atom is -0.496 e. The Morgan fingerprint density at radius 1 is 1.00 bits per heavy atom. The Hall–Kier alpha value is -5.02. The highest BCUT2D eigenvalue weighted by atomic mass is 32.1. The predicted molar refractivity (Wildman–Crippen MR) is 157 cm³/mol. The van der Waals surface area contributed by atoms with Gasteiger partial charge in [-0.3, -0.25) is 4.79 Å². The minimum atomic E-state index is -0.228. The Kier molecular flexibility index (Phi) is 6.71. The molecule has 0 aliphatic carbocycles. The third-order valence-corrected chi connectivity index (χ3v) is 7.34. The van der Waals surface area contributed by atoms with Crippen LogP contribution in [0.25, 0.3) is 39.4 Å². The van der Waals surface area contributed by atoms with Gasteiger partial charge in [-0.2, -0.15) is 14.6 Å². The molecule has 3 heterocycles. The van der Waals surface area contributed by atoms with Gasteiger partial charge in [-0.25, -0.2) is 4.68 Å². The van der Waals surface area contributed by atoms with E-state index in [1.165, 1.54) is 15.9 Å². The number of benzene rings is 3. The Bertz CT molecular complexity index is 1940. The molecule has 198 valence electrons. The summed E-state index contributed by atoms with van der Waals surface area (Å²) >= 11 is 1.30. The molecule has 3 aromatic heterocycles. The summed E-state index contributed by atoms with van der Waals surface area (Å²) in [5.41, 5.74) is 4.98. The average molecular weight is 548 g/mol. The maximum Gasteiger partial charge on any atom is 0.291 e. The van der Waals surface area contributed by atoms with Crippen LogP contribution in [0.1, 0.15) is 11.1 Å². The van der Waals surface area contributed by atoms with Crippen LogP contribution in [0.2, 0.25) is 0 Å². The Morgan fingerprint density at radius 3 is 2.48 bits per heavy atom. The molecular formula is C31H25N5O3S. The van der Waals surface area contributed by atoms with Gasteiger partial charge in [0, 0.05) is 22.9 Å². The fourth-order valence-corrected chi connectivity index (χ4v) is 5.31. The van der Waals surface area contributed by atoms with Crippen molar-refractivity contribution in [2.75, 3.05) is 13.7 Å². The maximum absolute atomic E-state index is 13.4. The first-order valence-corrected chi connectivity index (χ1v) is 13.4. The summed E-state index contributed by atoms with van der Waals surface area (Å²) in [6.07, 6.45) is 5.48. The summed E-state index contributed by atoms with van der Waals surface area (Å²) in [7, 11) is 1.65. The van der Waals surface area contributed by atoms with Crippen LogP contribution >= 0.6 is 11.3 Å². The van der Waals surface area contributed by atoms with Gasteiger partial charge in [0.1, 0.15) is 23.8 Å². The summed E-state index contributed by atoms with van der Waals surface area (Å²) < 4.78 is 14.7. The molecule has 0 aliphatic heterocycles. The molecule has 40 heavy (non-hydrogen) atoms. The summed E-state index contributed by atoms with van der Waals surface area (Å²) in [4.78, 5) is 18.5. The van der Waals surface area contributed by atoms with E-state index in [1.54, 1.807) is 13.2 Å². The van der Waals surface area contributed by atoms with Gasteiger partial charge < -0.3 is 9.47 Å². The third kappa shape index (κ3) is 4.78. The van der Waals surface area contributed by atoms with E-state index in [0.29, 0.717) is 21.9 Å². The van der Waals surface area contributed by atoms with Gasteiger partial charge >= 0.3 is 0 Å². The lowest BCUT2D eigenvalue weighted by Crippen LogP contribution is -2.23. The minimum absolute atomic E-state index is 0.228. The first-order valence-electron chi connectivity index (χ1n) is 12.6. The molecule has 0 saturated heterocycles. The molecule has 9 heteroatoms. The van der Waals surface area contributed by atoms with Crippen molar-refractivity contribution in [3.05, 3.63) is 118 Å². The first-order chi connectivity index (χ1) is 19.5. The smallest absolute Gasteiger partial charge is 0.291 e. The molecule has 6 rings (SSSR count). The van der Waals surface area contributed by atoms with Crippen LogP contribution in [0.4, 0.5) is 0 Å². The number of aryl methyl sites for hydroxylation is 1. The lowest BCUT2D eigenvalue weighted by atomic mass is 10.0. The number of methoxy groups -OCH3 is 1. The van der Waals surface area contributed by atoms with Crippen LogP contribution in [-0.4, -0.2) is 38.1 Å². The van der Waals surface area contributed by atoms with Crippen LogP contribution in [0.15, 0.2) is 96.4 Å². The lowest BCUT2D eigenvalue weighted by Gasteiger charge is -2.06. The highest BCUT2D eigenvalue weighted by Crippen LogP contribution is 2.29. The van der Waals surface area contributed by atoms with E-state index < -0.39 is 0 Å². The molecule has 0 N–H and O–H groups in total. The number of ether oxygens (including phenoxy) is 2. The van der Waals surface area contributed by atoms with Crippen LogP contribution in [-0.2, 0) is 0 Å². The number of aromatic nitrogens is 5. The van der Waals surface area contributed by atoms with Gasteiger partial charge in [0.05, 0.1) is 17.3 Å². The zero-order valence-corrected chi connectivity index (χ0v) is 22.8. The molecule has 0 unspecified atom stereocenters. The average Bonchev–Trinajstić information content (AvgIpc) is 3.67. The highest BCUT2D eigenvalue weighted by Gasteiger charge is 2.16. The molecule has 0 atom stereocenters. The van der Waals surface area contributed by atoms with E-state index in [4.69, 9.17) is 14.6 Å². The van der Waals surface area contributed by atoms with Crippen molar-refractivity contribution < 1.29 is 9.47 Å². The van der Waals surface area contributed by atoms with Crippen LogP contribution < -0.4 is 19.6 Å². The van der Waals surface area contributed by atoms with Crippen molar-refractivity contribution in [3.8, 4) is 39.8 Å². The number of thiazole rings is 1. The molecule has 0 spiro atoms. The second-order valence-electron chi connectivity index (χ2n) is 9.07. The van der Waals surface area contributed by atoms with E-state index >= 15 is 0 Å². The molecule has 0 radical (unpaired) electrons.